The number of anilines is 1. The molecule has 112 valence electrons. The zero-order valence-corrected chi connectivity index (χ0v) is 15.3. The molecule has 0 unspecified atom stereocenters. The van der Waals surface area contributed by atoms with Crippen molar-refractivity contribution in [3.63, 3.8) is 0 Å². The third-order valence-electron chi connectivity index (χ3n) is 2.85. The van der Waals surface area contributed by atoms with Gasteiger partial charge >= 0.3 is 0 Å². The monoisotopic (exact) mass is 437 g/mol. The number of benzene rings is 1. The second-order valence-corrected chi connectivity index (χ2v) is 6.27. The lowest BCUT2D eigenvalue weighted by molar-refractivity contribution is 0.180. The molecule has 0 atom stereocenters. The fraction of sp³-hybridized carbons (Fsp3) is 0.286. The van der Waals surface area contributed by atoms with Crippen molar-refractivity contribution in [3.8, 4) is 0 Å². The van der Waals surface area contributed by atoms with E-state index in [4.69, 9.17) is 27.9 Å². The molecule has 0 saturated heterocycles. The molecule has 1 aromatic heterocycles. The smallest absolute Gasteiger partial charge is 0.143 e. The van der Waals surface area contributed by atoms with E-state index in [1.165, 1.54) is 0 Å². The fourth-order valence-electron chi connectivity index (χ4n) is 1.86. The van der Waals surface area contributed by atoms with Crippen molar-refractivity contribution in [2.75, 3.05) is 19.5 Å². The van der Waals surface area contributed by atoms with Crippen LogP contribution in [0.3, 0.4) is 0 Å². The highest BCUT2D eigenvalue weighted by atomic mass is 127. The number of aromatic nitrogens is 2. The average molecular weight is 438 g/mol. The Kier molecular flexibility index (Phi) is 6.04. The van der Waals surface area contributed by atoms with Crippen LogP contribution in [-0.4, -0.2) is 24.1 Å². The molecule has 4 nitrogen and oxygen atoms in total. The van der Waals surface area contributed by atoms with E-state index in [0.717, 1.165) is 20.6 Å². The van der Waals surface area contributed by atoms with Gasteiger partial charge in [-0.1, -0.05) is 29.3 Å². The number of hydrogen-bond donors (Lipinski definition) is 1. The van der Waals surface area contributed by atoms with Gasteiger partial charge in [0, 0.05) is 30.6 Å². The molecule has 0 aliphatic heterocycles. The van der Waals surface area contributed by atoms with E-state index < -0.39 is 0 Å². The van der Waals surface area contributed by atoms with Crippen LogP contribution in [0.15, 0.2) is 18.2 Å². The molecule has 0 spiro atoms. The van der Waals surface area contributed by atoms with E-state index in [-0.39, 0.29) is 0 Å². The Morgan fingerprint density at radius 3 is 2.67 bits per heavy atom. The van der Waals surface area contributed by atoms with Gasteiger partial charge in [0.2, 0.25) is 0 Å². The van der Waals surface area contributed by atoms with E-state index in [1.807, 2.05) is 19.2 Å². The molecule has 21 heavy (non-hydrogen) atoms. The minimum Gasteiger partial charge on any atom is -0.378 e. The van der Waals surface area contributed by atoms with Crippen molar-refractivity contribution >= 4 is 51.6 Å². The molecular formula is C14H14Cl2IN3O. The van der Waals surface area contributed by atoms with Crippen molar-refractivity contribution in [3.05, 3.63) is 48.9 Å². The van der Waals surface area contributed by atoms with Crippen molar-refractivity contribution < 1.29 is 4.74 Å². The maximum absolute atomic E-state index is 6.20. The first kappa shape index (κ1) is 16.7. The van der Waals surface area contributed by atoms with E-state index in [0.29, 0.717) is 28.9 Å². The first-order valence-electron chi connectivity index (χ1n) is 6.21. The summed E-state index contributed by atoms with van der Waals surface area (Å²) in [6, 6.07) is 5.42. The van der Waals surface area contributed by atoms with Crippen molar-refractivity contribution in [1.29, 1.82) is 0 Å². The Bertz CT molecular complexity index is 652. The average Bonchev–Trinajstić information content (AvgIpc) is 2.45. The van der Waals surface area contributed by atoms with Gasteiger partial charge in [-0.2, -0.15) is 0 Å². The highest BCUT2D eigenvalue weighted by Crippen LogP contribution is 2.25. The third kappa shape index (κ3) is 4.18. The molecule has 2 rings (SSSR count). The summed E-state index contributed by atoms with van der Waals surface area (Å²) in [4.78, 5) is 9.07. The third-order valence-corrected chi connectivity index (χ3v) is 4.57. The van der Waals surface area contributed by atoms with Crippen LogP contribution in [0.2, 0.25) is 10.0 Å². The molecule has 0 aliphatic carbocycles. The summed E-state index contributed by atoms with van der Waals surface area (Å²) >= 11 is 14.3. The molecule has 0 bridgehead atoms. The summed E-state index contributed by atoms with van der Waals surface area (Å²) in [7, 11) is 3.48. The molecule has 0 saturated carbocycles. The minimum atomic E-state index is 0.441. The van der Waals surface area contributed by atoms with Gasteiger partial charge in [0.05, 0.1) is 15.9 Å². The van der Waals surface area contributed by atoms with Crippen LogP contribution in [0, 0.1) is 3.57 Å². The van der Waals surface area contributed by atoms with Crippen LogP contribution in [0.1, 0.15) is 17.1 Å². The zero-order chi connectivity index (χ0) is 15.4. The summed E-state index contributed by atoms with van der Waals surface area (Å²) in [6.45, 7) is 0.441. The molecule has 0 aliphatic rings. The quantitative estimate of drug-likeness (QED) is 0.713. The number of nitrogens with one attached hydrogen (secondary N) is 1. The molecule has 0 radical (unpaired) electrons. The SMILES string of the molecule is CNc1nc(Cc2ccc(Cl)cc2Cl)nc(COC)c1I. The summed E-state index contributed by atoms with van der Waals surface area (Å²) in [5.41, 5.74) is 1.80. The van der Waals surface area contributed by atoms with Gasteiger partial charge in [0.25, 0.3) is 0 Å². The lowest BCUT2D eigenvalue weighted by Crippen LogP contribution is -2.09. The Hall–Kier alpha value is -0.630. The van der Waals surface area contributed by atoms with Crippen LogP contribution in [0.25, 0.3) is 0 Å². The maximum atomic E-state index is 6.20. The van der Waals surface area contributed by atoms with Gasteiger partial charge in [-0.05, 0) is 40.3 Å². The Labute approximate surface area is 147 Å². The lowest BCUT2D eigenvalue weighted by atomic mass is 10.1. The molecule has 0 amide bonds. The van der Waals surface area contributed by atoms with Gasteiger partial charge in [-0.3, -0.25) is 0 Å². The van der Waals surface area contributed by atoms with Crippen LogP contribution < -0.4 is 5.32 Å². The molecular weight excluding hydrogens is 424 g/mol. The molecule has 7 heteroatoms. The number of methoxy groups -OCH3 is 1. The van der Waals surface area contributed by atoms with Crippen LogP contribution in [0.4, 0.5) is 5.82 Å². The van der Waals surface area contributed by atoms with Crippen molar-refractivity contribution in [2.24, 2.45) is 0 Å². The van der Waals surface area contributed by atoms with Crippen molar-refractivity contribution in [1.82, 2.24) is 9.97 Å². The summed E-state index contributed by atoms with van der Waals surface area (Å²) in [5, 5.41) is 4.30. The second-order valence-electron chi connectivity index (χ2n) is 4.34. The Morgan fingerprint density at radius 2 is 2.05 bits per heavy atom. The molecule has 2 aromatic rings. The highest BCUT2D eigenvalue weighted by molar-refractivity contribution is 14.1. The van der Waals surface area contributed by atoms with Gasteiger partial charge < -0.3 is 10.1 Å². The largest absolute Gasteiger partial charge is 0.378 e. The predicted octanol–water partition coefficient (Wildman–Crippen LogP) is 4.17. The number of halogens is 3. The molecule has 1 aromatic carbocycles. The number of ether oxygens (including phenoxy) is 1. The highest BCUT2D eigenvalue weighted by Gasteiger charge is 2.13. The lowest BCUT2D eigenvalue weighted by Gasteiger charge is -2.11. The summed E-state index contributed by atoms with van der Waals surface area (Å²) in [5.74, 6) is 1.48. The standard InChI is InChI=1S/C14H14Cl2IN3O/c1-18-14-13(17)11(7-21-2)19-12(20-14)5-8-3-4-9(15)6-10(8)16/h3-4,6H,5,7H2,1-2H3,(H,18,19,20). The van der Waals surface area contributed by atoms with Gasteiger partial charge in [0.1, 0.15) is 11.6 Å². The molecule has 0 fully saturated rings. The van der Waals surface area contributed by atoms with Crippen LogP contribution in [0.5, 0.6) is 0 Å². The topological polar surface area (TPSA) is 47.0 Å². The number of rotatable bonds is 5. The minimum absolute atomic E-state index is 0.441. The predicted molar refractivity (Wildman–Crippen MR) is 94.3 cm³/mol. The van der Waals surface area contributed by atoms with Crippen LogP contribution >= 0.6 is 45.8 Å². The van der Waals surface area contributed by atoms with Crippen LogP contribution in [-0.2, 0) is 17.8 Å². The van der Waals surface area contributed by atoms with E-state index in [9.17, 15) is 0 Å². The second kappa shape index (κ2) is 7.58. The van der Waals surface area contributed by atoms with E-state index in [2.05, 4.69) is 37.9 Å². The maximum Gasteiger partial charge on any atom is 0.143 e. The Balaban J connectivity index is 2.37. The fourth-order valence-corrected chi connectivity index (χ4v) is 3.00. The molecule has 1 heterocycles. The molecule has 1 N–H and O–H groups in total. The first-order valence-corrected chi connectivity index (χ1v) is 8.04. The van der Waals surface area contributed by atoms with Gasteiger partial charge in [0.15, 0.2) is 0 Å². The van der Waals surface area contributed by atoms with Crippen molar-refractivity contribution in [2.45, 2.75) is 13.0 Å². The van der Waals surface area contributed by atoms with Gasteiger partial charge in [-0.25, -0.2) is 9.97 Å². The number of hydrogen-bond acceptors (Lipinski definition) is 4. The number of nitrogens with zero attached hydrogens (tertiary/aromatic N) is 2. The zero-order valence-electron chi connectivity index (χ0n) is 11.6. The van der Waals surface area contributed by atoms with Gasteiger partial charge in [-0.15, -0.1) is 0 Å². The normalized spacial score (nSPS) is 10.7. The van der Waals surface area contributed by atoms with E-state index in [1.54, 1.807) is 13.2 Å². The summed E-state index contributed by atoms with van der Waals surface area (Å²) in [6.07, 6.45) is 0.540. The Morgan fingerprint density at radius 1 is 1.29 bits per heavy atom. The first-order chi connectivity index (χ1) is 10.0. The summed E-state index contributed by atoms with van der Waals surface area (Å²) < 4.78 is 6.15. The van der Waals surface area contributed by atoms with E-state index >= 15 is 0 Å².